The summed E-state index contributed by atoms with van der Waals surface area (Å²) in [5.74, 6) is -0.00716. The molecule has 2 nitrogen and oxygen atoms in total. The highest BCUT2D eigenvalue weighted by Gasteiger charge is 2.30. The molecule has 10 heavy (non-hydrogen) atoms. The normalized spacial score (nSPS) is 18.8. The Morgan fingerprint density at radius 3 is 2.70 bits per heavy atom. The molecule has 0 aliphatic heterocycles. The Balaban J connectivity index is 2.24. The number of hydrogen-bond acceptors (Lipinski definition) is 2. The Hall–Kier alpha value is -0.500. The molecule has 1 aliphatic carbocycles. The average Bonchev–Trinajstić information content (AvgIpc) is 2.63. The molecule has 3 heteroatoms. The van der Waals surface area contributed by atoms with Gasteiger partial charge in [-0.3, -0.25) is 4.79 Å². The Morgan fingerprint density at radius 2 is 2.30 bits per heavy atom. The van der Waals surface area contributed by atoms with Gasteiger partial charge in [0.1, 0.15) is 6.26 Å². The second kappa shape index (κ2) is 3.06. The van der Waals surface area contributed by atoms with E-state index in [2.05, 4.69) is 0 Å². The van der Waals surface area contributed by atoms with Gasteiger partial charge in [-0.05, 0) is 19.8 Å². The minimum Gasteiger partial charge on any atom is -0.433 e. The van der Waals surface area contributed by atoms with Crippen molar-refractivity contribution in [2.75, 3.05) is 0 Å². The number of halogens is 1. The van der Waals surface area contributed by atoms with E-state index in [-0.39, 0.29) is 11.9 Å². The molecule has 0 amide bonds. The number of allylic oxidation sites excluding steroid dienone is 1. The molecule has 0 aromatic heterocycles. The molecule has 56 valence electrons. The van der Waals surface area contributed by atoms with E-state index in [0.717, 1.165) is 12.8 Å². The lowest BCUT2D eigenvalue weighted by Gasteiger charge is -1.94. The van der Waals surface area contributed by atoms with E-state index >= 15 is 0 Å². The van der Waals surface area contributed by atoms with Crippen LogP contribution >= 0.6 is 11.6 Å². The summed E-state index contributed by atoms with van der Waals surface area (Å²) < 4.78 is 4.69. The summed E-state index contributed by atoms with van der Waals surface area (Å²) in [5.41, 5.74) is 0. The van der Waals surface area contributed by atoms with Gasteiger partial charge in [0.2, 0.25) is 0 Å². The molecule has 0 unspecified atom stereocenters. The molecule has 0 heterocycles. The van der Waals surface area contributed by atoms with Gasteiger partial charge in [0, 0.05) is 0 Å². The van der Waals surface area contributed by atoms with Gasteiger partial charge in [0.05, 0.1) is 11.0 Å². The van der Waals surface area contributed by atoms with Crippen LogP contribution in [-0.2, 0) is 9.53 Å². The summed E-state index contributed by atoms with van der Waals surface area (Å²) in [6.07, 6.45) is 3.21. The monoisotopic (exact) mass is 160 g/mol. The molecule has 1 aliphatic rings. The molecule has 0 spiro atoms. The first-order valence-corrected chi connectivity index (χ1v) is 3.60. The van der Waals surface area contributed by atoms with Gasteiger partial charge in [-0.1, -0.05) is 11.6 Å². The fourth-order valence-corrected chi connectivity index (χ4v) is 0.599. The maximum Gasteiger partial charge on any atom is 0.313 e. The number of hydrogen-bond donors (Lipinski definition) is 0. The van der Waals surface area contributed by atoms with Gasteiger partial charge in [-0.15, -0.1) is 0 Å². The minimum absolute atomic E-state index is 0.146. The van der Waals surface area contributed by atoms with Crippen LogP contribution in [0.4, 0.5) is 0 Å². The molecule has 0 saturated heterocycles. The highest BCUT2D eigenvalue weighted by molar-refractivity contribution is 6.29. The summed E-state index contributed by atoms with van der Waals surface area (Å²) in [4.78, 5) is 10.8. The topological polar surface area (TPSA) is 26.3 Å². The van der Waals surface area contributed by atoms with Crippen LogP contribution in [0.2, 0.25) is 0 Å². The zero-order valence-electron chi connectivity index (χ0n) is 5.76. The Morgan fingerprint density at radius 1 is 1.70 bits per heavy atom. The van der Waals surface area contributed by atoms with E-state index in [1.165, 1.54) is 6.26 Å². The lowest BCUT2D eigenvalue weighted by molar-refractivity contribution is -0.139. The van der Waals surface area contributed by atoms with Crippen LogP contribution in [0.1, 0.15) is 19.8 Å². The van der Waals surface area contributed by atoms with Crippen LogP contribution in [0.3, 0.4) is 0 Å². The Labute approximate surface area is 64.8 Å². The molecule has 0 radical (unpaired) electrons. The van der Waals surface area contributed by atoms with E-state index in [4.69, 9.17) is 16.3 Å². The van der Waals surface area contributed by atoms with Crippen LogP contribution in [0.25, 0.3) is 0 Å². The van der Waals surface area contributed by atoms with Crippen LogP contribution in [-0.4, -0.2) is 5.97 Å². The van der Waals surface area contributed by atoms with Gasteiger partial charge in [0.25, 0.3) is 0 Å². The van der Waals surface area contributed by atoms with Gasteiger partial charge in [0.15, 0.2) is 0 Å². The zero-order chi connectivity index (χ0) is 7.56. The summed E-state index contributed by atoms with van der Waals surface area (Å²) in [5, 5.41) is 0.494. The third-order valence-electron chi connectivity index (χ3n) is 1.25. The lowest BCUT2D eigenvalue weighted by atomic mass is 10.4. The zero-order valence-corrected chi connectivity index (χ0v) is 6.52. The van der Waals surface area contributed by atoms with Gasteiger partial charge in [-0.25, -0.2) is 0 Å². The molecule has 0 aromatic carbocycles. The summed E-state index contributed by atoms with van der Waals surface area (Å²) in [6, 6.07) is 0. The molecule has 1 rings (SSSR count). The largest absolute Gasteiger partial charge is 0.433 e. The van der Waals surface area contributed by atoms with Crippen molar-refractivity contribution < 1.29 is 9.53 Å². The fraction of sp³-hybridized carbons (Fsp3) is 0.571. The highest BCUT2D eigenvalue weighted by Crippen LogP contribution is 2.30. The SMILES string of the molecule is CC(Cl)=COC(=O)C1CC1. The van der Waals surface area contributed by atoms with Crippen molar-refractivity contribution >= 4 is 17.6 Å². The number of ether oxygens (including phenoxy) is 1. The quantitative estimate of drug-likeness (QED) is 0.457. The molecule has 0 aromatic rings. The third kappa shape index (κ3) is 2.40. The van der Waals surface area contributed by atoms with E-state index < -0.39 is 0 Å². The van der Waals surface area contributed by atoms with Crippen molar-refractivity contribution in [3.63, 3.8) is 0 Å². The maximum atomic E-state index is 10.8. The van der Waals surface area contributed by atoms with Crippen molar-refractivity contribution in [1.82, 2.24) is 0 Å². The van der Waals surface area contributed by atoms with Crippen molar-refractivity contribution in [3.05, 3.63) is 11.3 Å². The molecule has 0 bridgehead atoms. The lowest BCUT2D eigenvalue weighted by Crippen LogP contribution is -2.00. The number of carbonyl (C=O) groups is 1. The van der Waals surface area contributed by atoms with E-state index in [0.29, 0.717) is 5.03 Å². The molecular formula is C7H9ClO2. The smallest absolute Gasteiger partial charge is 0.313 e. The highest BCUT2D eigenvalue weighted by atomic mass is 35.5. The van der Waals surface area contributed by atoms with Crippen molar-refractivity contribution in [1.29, 1.82) is 0 Å². The van der Waals surface area contributed by atoms with Crippen molar-refractivity contribution in [2.24, 2.45) is 5.92 Å². The molecule has 1 saturated carbocycles. The number of esters is 1. The minimum atomic E-state index is -0.153. The fourth-order valence-electron chi connectivity index (χ4n) is 0.555. The van der Waals surface area contributed by atoms with E-state index in [9.17, 15) is 4.79 Å². The first-order chi connectivity index (χ1) is 4.70. The van der Waals surface area contributed by atoms with E-state index in [1.807, 2.05) is 0 Å². The second-order valence-corrected chi connectivity index (χ2v) is 3.01. The van der Waals surface area contributed by atoms with Gasteiger partial charge >= 0.3 is 5.97 Å². The van der Waals surface area contributed by atoms with Gasteiger partial charge in [-0.2, -0.15) is 0 Å². The second-order valence-electron chi connectivity index (χ2n) is 2.42. The first-order valence-electron chi connectivity index (χ1n) is 3.23. The maximum absolute atomic E-state index is 10.8. The molecule has 1 fully saturated rings. The Bertz CT molecular complexity index is 166. The van der Waals surface area contributed by atoms with Crippen LogP contribution in [0.15, 0.2) is 11.3 Å². The van der Waals surface area contributed by atoms with E-state index in [1.54, 1.807) is 6.92 Å². The molecule has 0 N–H and O–H groups in total. The predicted octanol–water partition coefficient (Wildman–Crippen LogP) is 2.04. The standard InChI is InChI=1S/C7H9ClO2/c1-5(8)4-10-7(9)6-2-3-6/h4,6H,2-3H2,1H3. The summed E-state index contributed by atoms with van der Waals surface area (Å²) in [7, 11) is 0. The molecular weight excluding hydrogens is 152 g/mol. The average molecular weight is 161 g/mol. The number of rotatable bonds is 2. The predicted molar refractivity (Wildman–Crippen MR) is 38.4 cm³/mol. The summed E-state index contributed by atoms with van der Waals surface area (Å²) >= 11 is 5.43. The van der Waals surface area contributed by atoms with Crippen LogP contribution in [0, 0.1) is 5.92 Å². The molecule has 0 atom stereocenters. The van der Waals surface area contributed by atoms with Gasteiger partial charge < -0.3 is 4.74 Å². The number of carbonyl (C=O) groups excluding carboxylic acids is 1. The first kappa shape index (κ1) is 7.61. The van der Waals surface area contributed by atoms with Crippen LogP contribution < -0.4 is 0 Å². The summed E-state index contributed by atoms with van der Waals surface area (Å²) in [6.45, 7) is 1.67. The van der Waals surface area contributed by atoms with Crippen molar-refractivity contribution in [2.45, 2.75) is 19.8 Å². The van der Waals surface area contributed by atoms with Crippen molar-refractivity contribution in [3.8, 4) is 0 Å². The third-order valence-corrected chi connectivity index (χ3v) is 1.34. The van der Waals surface area contributed by atoms with Crippen LogP contribution in [0.5, 0.6) is 0 Å². The Kier molecular flexibility index (Phi) is 2.33.